The maximum Gasteiger partial charge on any atom is 0.305 e. The summed E-state index contributed by atoms with van der Waals surface area (Å²) >= 11 is 0. The van der Waals surface area contributed by atoms with E-state index in [1.807, 2.05) is 0 Å². The molecule has 1 heterocycles. The molecule has 0 amide bonds. The average Bonchev–Trinajstić information content (AvgIpc) is 2.16. The molecule has 6 heteroatoms. The summed E-state index contributed by atoms with van der Waals surface area (Å²) in [4.78, 5) is 13.5. The minimum absolute atomic E-state index is 0.195. The Bertz CT molecular complexity index is 408. The molecule has 0 aliphatic heterocycles. The first-order valence-corrected chi connectivity index (χ1v) is 3.86. The summed E-state index contributed by atoms with van der Waals surface area (Å²) in [6, 6.07) is 2.58. The molecule has 0 fully saturated rings. The van der Waals surface area contributed by atoms with Gasteiger partial charge in [0.05, 0.1) is 4.92 Å². The number of nitriles is 1. The van der Waals surface area contributed by atoms with Crippen LogP contribution in [-0.4, -0.2) is 9.91 Å². The molecule has 72 valence electrons. The van der Waals surface area contributed by atoms with Crippen LogP contribution in [0.2, 0.25) is 0 Å². The second-order valence-electron chi connectivity index (χ2n) is 2.79. The summed E-state index contributed by atoms with van der Waals surface area (Å²) in [5.74, 6) is 0. The first kappa shape index (κ1) is 10.1. The normalized spacial score (nSPS) is 11.8. The average molecular weight is 192 g/mol. The molecule has 1 atom stereocenters. The van der Waals surface area contributed by atoms with Crippen LogP contribution in [0.3, 0.4) is 0 Å². The fourth-order valence-corrected chi connectivity index (χ4v) is 0.943. The van der Waals surface area contributed by atoms with E-state index in [0.29, 0.717) is 5.56 Å². The van der Waals surface area contributed by atoms with Gasteiger partial charge in [-0.2, -0.15) is 5.26 Å². The highest BCUT2D eigenvalue weighted by atomic mass is 16.6. The highest BCUT2D eigenvalue weighted by molar-refractivity contribution is 5.45. The topological polar surface area (TPSA) is 106 Å². The predicted octanol–water partition coefficient (Wildman–Crippen LogP) is 0.881. The lowest BCUT2D eigenvalue weighted by molar-refractivity contribution is -0.385. The standard InChI is InChI=1S/C8H8N4O2/c1-5(10)6-2-8(12(13)14)7(3-9)11-4-6/h2,4-5H,10H2,1H3/t5-/m1/s1. The van der Waals surface area contributed by atoms with Crippen LogP contribution < -0.4 is 5.73 Å². The van der Waals surface area contributed by atoms with Crippen molar-refractivity contribution in [3.63, 3.8) is 0 Å². The Morgan fingerprint density at radius 1 is 1.79 bits per heavy atom. The number of rotatable bonds is 2. The maximum absolute atomic E-state index is 10.5. The van der Waals surface area contributed by atoms with Crippen molar-refractivity contribution in [2.24, 2.45) is 5.73 Å². The number of hydrogen-bond donors (Lipinski definition) is 1. The van der Waals surface area contributed by atoms with Crippen molar-refractivity contribution in [3.05, 3.63) is 33.6 Å². The largest absolute Gasteiger partial charge is 0.324 e. The van der Waals surface area contributed by atoms with Gasteiger partial charge in [-0.15, -0.1) is 0 Å². The lowest BCUT2D eigenvalue weighted by Crippen LogP contribution is -2.07. The van der Waals surface area contributed by atoms with E-state index >= 15 is 0 Å². The Kier molecular flexibility index (Phi) is 2.74. The van der Waals surface area contributed by atoms with Gasteiger partial charge in [-0.3, -0.25) is 10.1 Å². The van der Waals surface area contributed by atoms with E-state index in [1.165, 1.54) is 12.3 Å². The maximum atomic E-state index is 10.5. The van der Waals surface area contributed by atoms with Gasteiger partial charge in [0.15, 0.2) is 0 Å². The van der Waals surface area contributed by atoms with Crippen molar-refractivity contribution >= 4 is 5.69 Å². The summed E-state index contributed by atoms with van der Waals surface area (Å²) in [5, 5.41) is 19.1. The third kappa shape index (κ3) is 1.84. The van der Waals surface area contributed by atoms with Crippen LogP contribution in [0.25, 0.3) is 0 Å². The molecule has 0 saturated carbocycles. The first-order chi connectivity index (χ1) is 6.56. The quantitative estimate of drug-likeness (QED) is 0.553. The fourth-order valence-electron chi connectivity index (χ4n) is 0.943. The Hall–Kier alpha value is -2.00. The second-order valence-corrected chi connectivity index (χ2v) is 2.79. The van der Waals surface area contributed by atoms with E-state index in [2.05, 4.69) is 4.98 Å². The van der Waals surface area contributed by atoms with E-state index < -0.39 is 4.92 Å². The number of pyridine rings is 1. The summed E-state index contributed by atoms with van der Waals surface area (Å²) in [7, 11) is 0. The lowest BCUT2D eigenvalue weighted by Gasteiger charge is -2.03. The zero-order valence-corrected chi connectivity index (χ0v) is 7.47. The lowest BCUT2D eigenvalue weighted by atomic mass is 10.1. The number of hydrogen-bond acceptors (Lipinski definition) is 5. The number of nitrogens with zero attached hydrogens (tertiary/aromatic N) is 3. The Balaban J connectivity index is 3.30. The van der Waals surface area contributed by atoms with Gasteiger partial charge in [0, 0.05) is 18.3 Å². The van der Waals surface area contributed by atoms with Gasteiger partial charge >= 0.3 is 5.69 Å². The van der Waals surface area contributed by atoms with Crippen molar-refractivity contribution < 1.29 is 4.92 Å². The van der Waals surface area contributed by atoms with Crippen molar-refractivity contribution in [1.29, 1.82) is 5.26 Å². The van der Waals surface area contributed by atoms with Crippen LogP contribution in [0.4, 0.5) is 5.69 Å². The van der Waals surface area contributed by atoms with E-state index in [4.69, 9.17) is 11.0 Å². The van der Waals surface area contributed by atoms with Crippen molar-refractivity contribution in [3.8, 4) is 6.07 Å². The first-order valence-electron chi connectivity index (χ1n) is 3.86. The van der Waals surface area contributed by atoms with Crippen molar-refractivity contribution in [1.82, 2.24) is 4.98 Å². The highest BCUT2D eigenvalue weighted by Gasteiger charge is 2.16. The number of nitro groups is 1. The Labute approximate surface area is 80.1 Å². The van der Waals surface area contributed by atoms with Crippen LogP contribution in [0.5, 0.6) is 0 Å². The zero-order chi connectivity index (χ0) is 10.7. The summed E-state index contributed by atoms with van der Waals surface area (Å²) in [6.45, 7) is 1.69. The Morgan fingerprint density at radius 2 is 2.43 bits per heavy atom. The molecule has 0 bridgehead atoms. The molecule has 1 rings (SSSR count). The predicted molar refractivity (Wildman–Crippen MR) is 48.2 cm³/mol. The fraction of sp³-hybridized carbons (Fsp3) is 0.250. The van der Waals surface area contributed by atoms with Gasteiger partial charge < -0.3 is 5.73 Å². The van der Waals surface area contributed by atoms with Crippen LogP contribution in [0, 0.1) is 21.4 Å². The molecule has 1 aromatic heterocycles. The van der Waals surface area contributed by atoms with Gasteiger partial charge in [-0.25, -0.2) is 4.98 Å². The molecular weight excluding hydrogens is 184 g/mol. The minimum atomic E-state index is -0.641. The molecule has 14 heavy (non-hydrogen) atoms. The van der Waals surface area contributed by atoms with Crippen molar-refractivity contribution in [2.45, 2.75) is 13.0 Å². The van der Waals surface area contributed by atoms with Crippen LogP contribution in [-0.2, 0) is 0 Å². The molecule has 2 N–H and O–H groups in total. The smallest absolute Gasteiger partial charge is 0.305 e. The third-order valence-corrected chi connectivity index (χ3v) is 1.72. The number of aromatic nitrogens is 1. The van der Waals surface area contributed by atoms with E-state index in [1.54, 1.807) is 13.0 Å². The van der Waals surface area contributed by atoms with Gasteiger partial charge in [-0.1, -0.05) is 0 Å². The van der Waals surface area contributed by atoms with E-state index in [0.717, 1.165) is 0 Å². The molecule has 0 aromatic carbocycles. The van der Waals surface area contributed by atoms with E-state index in [9.17, 15) is 10.1 Å². The number of nitrogens with two attached hydrogens (primary N) is 1. The second kappa shape index (κ2) is 3.81. The summed E-state index contributed by atoms with van der Waals surface area (Å²) < 4.78 is 0. The minimum Gasteiger partial charge on any atom is -0.324 e. The molecule has 0 aliphatic carbocycles. The van der Waals surface area contributed by atoms with E-state index in [-0.39, 0.29) is 17.4 Å². The van der Waals surface area contributed by atoms with Crippen LogP contribution in [0.1, 0.15) is 24.2 Å². The zero-order valence-electron chi connectivity index (χ0n) is 7.47. The van der Waals surface area contributed by atoms with Gasteiger partial charge in [0.25, 0.3) is 0 Å². The monoisotopic (exact) mass is 192 g/mol. The van der Waals surface area contributed by atoms with Crippen LogP contribution in [0.15, 0.2) is 12.3 Å². The molecule has 0 saturated heterocycles. The Morgan fingerprint density at radius 3 is 2.86 bits per heavy atom. The van der Waals surface area contributed by atoms with Gasteiger partial charge in [0.1, 0.15) is 6.07 Å². The molecule has 6 nitrogen and oxygen atoms in total. The molecule has 0 spiro atoms. The molecule has 0 radical (unpaired) electrons. The van der Waals surface area contributed by atoms with Crippen LogP contribution >= 0.6 is 0 Å². The highest BCUT2D eigenvalue weighted by Crippen LogP contribution is 2.19. The molecular formula is C8H8N4O2. The van der Waals surface area contributed by atoms with Gasteiger partial charge in [-0.05, 0) is 12.5 Å². The van der Waals surface area contributed by atoms with Gasteiger partial charge in [0.2, 0.25) is 5.69 Å². The van der Waals surface area contributed by atoms with Crippen molar-refractivity contribution in [2.75, 3.05) is 0 Å². The SMILES string of the molecule is C[C@@H](N)c1cnc(C#N)c([N+](=O)[O-])c1. The third-order valence-electron chi connectivity index (χ3n) is 1.72. The summed E-state index contributed by atoms with van der Waals surface area (Å²) in [5.41, 5.74) is 5.57. The molecule has 0 aliphatic rings. The molecule has 1 aromatic rings. The molecule has 0 unspecified atom stereocenters. The summed E-state index contributed by atoms with van der Waals surface area (Å²) in [6.07, 6.45) is 1.37.